The molecule has 6 nitrogen and oxygen atoms in total. The maximum absolute atomic E-state index is 12.3. The summed E-state index contributed by atoms with van der Waals surface area (Å²) >= 11 is 1.68. The van der Waals surface area contributed by atoms with Crippen LogP contribution in [-0.4, -0.2) is 55.7 Å². The van der Waals surface area contributed by atoms with Crippen LogP contribution < -0.4 is 5.73 Å². The summed E-state index contributed by atoms with van der Waals surface area (Å²) in [6, 6.07) is 12.1. The van der Waals surface area contributed by atoms with Crippen LogP contribution in [-0.2, 0) is 25.5 Å². The molecule has 2 N–H and O–H groups in total. The lowest BCUT2D eigenvalue weighted by molar-refractivity contribution is -0.163. The Balaban J connectivity index is 1.74. The van der Waals surface area contributed by atoms with Crippen LogP contribution in [0.3, 0.4) is 0 Å². The highest BCUT2D eigenvalue weighted by Gasteiger charge is 2.43. The summed E-state index contributed by atoms with van der Waals surface area (Å²) in [6.07, 6.45) is 0.613. The van der Waals surface area contributed by atoms with Gasteiger partial charge in [-0.05, 0) is 22.6 Å². The summed E-state index contributed by atoms with van der Waals surface area (Å²) in [5.41, 5.74) is 6.56. The molecule has 1 aliphatic rings. The predicted octanol–water partition coefficient (Wildman–Crippen LogP) is 2.08. The molecular weight excluding hydrogens is 364 g/mol. The van der Waals surface area contributed by atoms with E-state index < -0.39 is 11.5 Å². The molecule has 1 aliphatic heterocycles. The van der Waals surface area contributed by atoms with Gasteiger partial charge in [-0.3, -0.25) is 9.59 Å². The molecular formula is C20H24N2O4S. The molecule has 0 unspecified atom stereocenters. The van der Waals surface area contributed by atoms with Crippen LogP contribution in [0.2, 0.25) is 0 Å². The van der Waals surface area contributed by atoms with E-state index in [1.165, 1.54) is 4.88 Å². The second-order valence-corrected chi connectivity index (χ2v) is 7.56. The zero-order valence-electron chi connectivity index (χ0n) is 15.3. The third kappa shape index (κ3) is 4.55. The Bertz CT molecular complexity index is 776. The summed E-state index contributed by atoms with van der Waals surface area (Å²) in [6.45, 7) is 1.26. The minimum absolute atomic E-state index is 0.0566. The van der Waals surface area contributed by atoms with E-state index in [1.54, 1.807) is 23.3 Å². The summed E-state index contributed by atoms with van der Waals surface area (Å²) in [5.74, 6) is -0.604. The highest BCUT2D eigenvalue weighted by molar-refractivity contribution is 7.13. The van der Waals surface area contributed by atoms with E-state index in [1.807, 2.05) is 35.7 Å². The van der Waals surface area contributed by atoms with E-state index in [-0.39, 0.29) is 25.5 Å². The Morgan fingerprint density at radius 1 is 1.30 bits per heavy atom. The molecule has 0 spiro atoms. The van der Waals surface area contributed by atoms with Gasteiger partial charge in [0, 0.05) is 25.0 Å². The summed E-state index contributed by atoms with van der Waals surface area (Å²) in [5, 5.41) is 2.04. The van der Waals surface area contributed by atoms with Gasteiger partial charge in [-0.1, -0.05) is 30.3 Å². The van der Waals surface area contributed by atoms with Gasteiger partial charge in [0.15, 0.2) is 5.60 Å². The highest BCUT2D eigenvalue weighted by Crippen LogP contribution is 2.28. The fourth-order valence-electron chi connectivity index (χ4n) is 3.25. The van der Waals surface area contributed by atoms with Crippen molar-refractivity contribution in [3.8, 4) is 10.4 Å². The first kappa shape index (κ1) is 19.5. The Morgan fingerprint density at radius 3 is 2.70 bits per heavy atom. The Hall–Kier alpha value is -2.22. The average Bonchev–Trinajstić information content (AvgIpc) is 3.21. The van der Waals surface area contributed by atoms with E-state index in [0.29, 0.717) is 19.6 Å². The summed E-state index contributed by atoms with van der Waals surface area (Å²) < 4.78 is 10.8. The number of carbonyl (C=O) groups excluding carboxylic acids is 2. The van der Waals surface area contributed by atoms with Crippen LogP contribution in [0.4, 0.5) is 0 Å². The molecule has 1 aromatic carbocycles. The molecule has 144 valence electrons. The summed E-state index contributed by atoms with van der Waals surface area (Å²) in [4.78, 5) is 27.4. The molecule has 3 rings (SSSR count). The fourth-order valence-corrected chi connectivity index (χ4v) is 3.98. The number of methoxy groups -OCH3 is 1. The van der Waals surface area contributed by atoms with Gasteiger partial charge in [-0.2, -0.15) is 0 Å². The van der Waals surface area contributed by atoms with Gasteiger partial charge in [0.25, 0.3) is 5.91 Å². The Morgan fingerprint density at radius 2 is 2.07 bits per heavy atom. The first-order valence-electron chi connectivity index (χ1n) is 8.87. The average molecular weight is 388 g/mol. The van der Waals surface area contributed by atoms with Crippen molar-refractivity contribution in [1.29, 1.82) is 0 Å². The maximum Gasteiger partial charge on any atom is 0.251 e. The molecule has 2 amide bonds. The number of morpholine rings is 1. The third-order valence-electron chi connectivity index (χ3n) is 4.76. The van der Waals surface area contributed by atoms with Gasteiger partial charge >= 0.3 is 0 Å². The van der Waals surface area contributed by atoms with Crippen molar-refractivity contribution >= 4 is 23.2 Å². The molecule has 1 atom stereocenters. The van der Waals surface area contributed by atoms with Crippen LogP contribution >= 0.6 is 11.3 Å². The van der Waals surface area contributed by atoms with E-state index >= 15 is 0 Å². The number of thiophene rings is 1. The van der Waals surface area contributed by atoms with Crippen molar-refractivity contribution in [2.75, 3.05) is 33.4 Å². The van der Waals surface area contributed by atoms with Crippen LogP contribution in [0.15, 0.2) is 41.8 Å². The Labute approximate surface area is 162 Å². The van der Waals surface area contributed by atoms with Crippen molar-refractivity contribution in [3.63, 3.8) is 0 Å². The normalized spacial score (nSPS) is 19.8. The number of hydrogen-bond acceptors (Lipinski definition) is 5. The molecule has 0 bridgehead atoms. The molecule has 2 heterocycles. The highest BCUT2D eigenvalue weighted by atomic mass is 32.1. The molecule has 27 heavy (non-hydrogen) atoms. The van der Waals surface area contributed by atoms with Gasteiger partial charge in [-0.25, -0.2) is 0 Å². The van der Waals surface area contributed by atoms with Crippen molar-refractivity contribution in [1.82, 2.24) is 4.90 Å². The van der Waals surface area contributed by atoms with Crippen LogP contribution in [0.1, 0.15) is 12.0 Å². The largest absolute Gasteiger partial charge is 0.384 e. The summed E-state index contributed by atoms with van der Waals surface area (Å²) in [7, 11) is 1.56. The third-order valence-corrected chi connectivity index (χ3v) is 5.68. The second-order valence-electron chi connectivity index (χ2n) is 6.62. The molecule has 2 aromatic rings. The van der Waals surface area contributed by atoms with E-state index in [2.05, 4.69) is 6.07 Å². The number of benzene rings is 1. The zero-order chi connectivity index (χ0) is 19.3. The minimum Gasteiger partial charge on any atom is -0.384 e. The van der Waals surface area contributed by atoms with Crippen molar-refractivity contribution in [2.24, 2.45) is 5.73 Å². The first-order chi connectivity index (χ1) is 13.0. The molecule has 7 heteroatoms. The van der Waals surface area contributed by atoms with Gasteiger partial charge in [-0.15, -0.1) is 11.3 Å². The lowest BCUT2D eigenvalue weighted by atomic mass is 9.91. The van der Waals surface area contributed by atoms with E-state index in [4.69, 9.17) is 15.2 Å². The van der Waals surface area contributed by atoms with Crippen LogP contribution in [0.5, 0.6) is 0 Å². The van der Waals surface area contributed by atoms with E-state index in [0.717, 1.165) is 11.1 Å². The number of rotatable bonds is 7. The van der Waals surface area contributed by atoms with E-state index in [9.17, 15) is 9.59 Å². The molecule has 1 saturated heterocycles. The van der Waals surface area contributed by atoms with Crippen molar-refractivity contribution < 1.29 is 19.1 Å². The van der Waals surface area contributed by atoms with Gasteiger partial charge in [0.05, 0.1) is 26.2 Å². The minimum atomic E-state index is -1.20. The smallest absolute Gasteiger partial charge is 0.251 e. The lowest BCUT2D eigenvalue weighted by Gasteiger charge is -2.40. The first-order valence-corrected chi connectivity index (χ1v) is 9.75. The van der Waals surface area contributed by atoms with Gasteiger partial charge in [0.2, 0.25) is 5.91 Å². The van der Waals surface area contributed by atoms with Crippen LogP contribution in [0, 0.1) is 0 Å². The maximum atomic E-state index is 12.3. The van der Waals surface area contributed by atoms with Crippen molar-refractivity contribution in [2.45, 2.75) is 18.4 Å². The number of ether oxygens (including phenoxy) is 2. The lowest BCUT2D eigenvalue weighted by Crippen LogP contribution is -2.61. The molecule has 0 saturated carbocycles. The predicted molar refractivity (Wildman–Crippen MR) is 104 cm³/mol. The zero-order valence-corrected chi connectivity index (χ0v) is 16.2. The van der Waals surface area contributed by atoms with Gasteiger partial charge in [0.1, 0.15) is 0 Å². The fraction of sp³-hybridized carbons (Fsp3) is 0.400. The van der Waals surface area contributed by atoms with Crippen LogP contribution in [0.25, 0.3) is 10.4 Å². The molecule has 0 aliphatic carbocycles. The molecule has 1 fully saturated rings. The second kappa shape index (κ2) is 8.65. The number of amides is 2. The monoisotopic (exact) mass is 388 g/mol. The molecule has 1 aromatic heterocycles. The molecule has 0 radical (unpaired) electrons. The number of carbonyl (C=O) groups is 2. The topological polar surface area (TPSA) is 81.9 Å². The quantitative estimate of drug-likeness (QED) is 0.787. The number of nitrogens with two attached hydrogens (primary N) is 1. The SMILES string of the molecule is COCCC(=O)N1CCO[C@@](Cc2ccc(-c3cccs3)cc2)(C(N)=O)C1. The number of primary amides is 1. The standard InChI is InChI=1S/C20H24N2O4S/c1-25-10-8-18(23)22-9-11-26-20(14-22,19(21)24)13-15-4-6-16(7-5-15)17-3-2-12-27-17/h2-7,12H,8-11,13-14H2,1H3,(H2,21,24)/t20-/m1/s1. The number of nitrogens with zero attached hydrogens (tertiary/aromatic N) is 1. The van der Waals surface area contributed by atoms with Gasteiger partial charge < -0.3 is 20.1 Å². The number of hydrogen-bond donors (Lipinski definition) is 1. The van der Waals surface area contributed by atoms with Crippen molar-refractivity contribution in [3.05, 3.63) is 47.3 Å². The Kier molecular flexibility index (Phi) is 6.26.